The molecule has 2 heterocycles. The second-order valence-electron chi connectivity index (χ2n) is 6.92. The van der Waals surface area contributed by atoms with Crippen LogP contribution in [-0.2, 0) is 11.8 Å². The van der Waals surface area contributed by atoms with Crippen LogP contribution in [0.2, 0.25) is 0 Å². The van der Waals surface area contributed by atoms with Crippen molar-refractivity contribution in [3.05, 3.63) is 53.3 Å². The summed E-state index contributed by atoms with van der Waals surface area (Å²) in [5.74, 6) is 0.0367. The summed E-state index contributed by atoms with van der Waals surface area (Å²) in [6.07, 6.45) is 1.07. The summed E-state index contributed by atoms with van der Waals surface area (Å²) in [5.41, 5.74) is 3.31. The summed E-state index contributed by atoms with van der Waals surface area (Å²) < 4.78 is 1.59. The maximum absolute atomic E-state index is 12.4. The summed E-state index contributed by atoms with van der Waals surface area (Å²) in [5, 5.41) is 13.1. The maximum atomic E-state index is 12.4. The predicted molar refractivity (Wildman–Crippen MR) is 104 cm³/mol. The van der Waals surface area contributed by atoms with Crippen molar-refractivity contribution < 1.29 is 9.59 Å². The number of aromatic nitrogens is 2. The first-order valence-electron chi connectivity index (χ1n) is 9.21. The van der Waals surface area contributed by atoms with Crippen LogP contribution in [0.3, 0.4) is 0 Å². The number of rotatable bonds is 6. The predicted octanol–water partition coefficient (Wildman–Crippen LogP) is 2.30. The Kier molecular flexibility index (Phi) is 5.69. The molecular formula is C20H25N5O2. The van der Waals surface area contributed by atoms with Crippen LogP contribution in [0.15, 0.2) is 41.5 Å². The van der Waals surface area contributed by atoms with E-state index in [-0.39, 0.29) is 17.7 Å². The second-order valence-corrected chi connectivity index (χ2v) is 6.92. The molecule has 3 rings (SSSR count). The zero-order valence-electron chi connectivity index (χ0n) is 16.0. The van der Waals surface area contributed by atoms with E-state index in [9.17, 15) is 9.59 Å². The van der Waals surface area contributed by atoms with E-state index >= 15 is 0 Å². The van der Waals surface area contributed by atoms with Crippen LogP contribution in [0.25, 0.3) is 0 Å². The van der Waals surface area contributed by atoms with Gasteiger partial charge in [-0.25, -0.2) is 5.01 Å². The molecule has 7 nitrogen and oxygen atoms in total. The first kappa shape index (κ1) is 18.8. The summed E-state index contributed by atoms with van der Waals surface area (Å²) >= 11 is 0. The highest BCUT2D eigenvalue weighted by molar-refractivity contribution is 6.04. The van der Waals surface area contributed by atoms with Crippen LogP contribution >= 0.6 is 0 Å². The zero-order chi connectivity index (χ0) is 19.4. The molecule has 1 aromatic heterocycles. The number of hydrazone groups is 1. The molecule has 0 aliphatic carbocycles. The molecule has 0 atom stereocenters. The fourth-order valence-corrected chi connectivity index (χ4v) is 2.96. The Labute approximate surface area is 159 Å². The quantitative estimate of drug-likeness (QED) is 0.851. The third kappa shape index (κ3) is 4.42. The van der Waals surface area contributed by atoms with Gasteiger partial charge in [0.05, 0.1) is 18.0 Å². The number of carbonyl (C=O) groups excluding carboxylic acids is 2. The summed E-state index contributed by atoms with van der Waals surface area (Å²) in [7, 11) is 1.76. The van der Waals surface area contributed by atoms with E-state index in [1.807, 2.05) is 44.2 Å². The topological polar surface area (TPSA) is 79.6 Å². The number of aryl methyl sites for hydroxylation is 1. The molecule has 0 radical (unpaired) electrons. The van der Waals surface area contributed by atoms with Gasteiger partial charge in [-0.2, -0.15) is 10.2 Å². The smallest absolute Gasteiger partial charge is 0.269 e. The Morgan fingerprint density at radius 1 is 1.22 bits per heavy atom. The lowest BCUT2D eigenvalue weighted by molar-refractivity contribution is -0.131. The fraction of sp³-hybridized carbons (Fsp3) is 0.400. The second kappa shape index (κ2) is 8.16. The standard InChI is InChI=1S/C20H25N5O2/c1-14(2)17-13-18(24(3)22-17)20(27)21-11-12-25-19(26)10-9-16(23-25)15-7-5-4-6-8-15/h4-8,13-14H,9-12H2,1-3H3,(H,21,27). The van der Waals surface area contributed by atoms with Crippen LogP contribution in [-0.4, -0.2) is 45.4 Å². The van der Waals surface area contributed by atoms with E-state index < -0.39 is 0 Å². The first-order chi connectivity index (χ1) is 13.0. The molecule has 0 unspecified atom stereocenters. The van der Waals surface area contributed by atoms with Crippen LogP contribution in [0.1, 0.15) is 54.4 Å². The third-order valence-corrected chi connectivity index (χ3v) is 4.54. The van der Waals surface area contributed by atoms with Gasteiger partial charge < -0.3 is 5.32 Å². The van der Waals surface area contributed by atoms with E-state index in [0.29, 0.717) is 31.6 Å². The monoisotopic (exact) mass is 367 g/mol. The average molecular weight is 367 g/mol. The van der Waals surface area contributed by atoms with Crippen LogP contribution in [0.5, 0.6) is 0 Å². The molecule has 0 fully saturated rings. The van der Waals surface area contributed by atoms with E-state index in [0.717, 1.165) is 17.0 Å². The number of carbonyl (C=O) groups is 2. The van der Waals surface area contributed by atoms with Crippen molar-refractivity contribution in [2.24, 2.45) is 12.1 Å². The molecule has 27 heavy (non-hydrogen) atoms. The lowest BCUT2D eigenvalue weighted by atomic mass is 10.0. The van der Waals surface area contributed by atoms with Crippen LogP contribution in [0, 0.1) is 0 Å². The van der Waals surface area contributed by atoms with E-state index in [2.05, 4.69) is 15.5 Å². The number of amides is 2. The molecule has 7 heteroatoms. The van der Waals surface area contributed by atoms with Crippen molar-refractivity contribution in [3.8, 4) is 0 Å². The first-order valence-corrected chi connectivity index (χ1v) is 9.21. The van der Waals surface area contributed by atoms with Gasteiger partial charge in [0.2, 0.25) is 5.91 Å². The van der Waals surface area contributed by atoms with E-state index in [1.54, 1.807) is 17.8 Å². The highest BCUT2D eigenvalue weighted by Crippen LogP contribution is 2.15. The van der Waals surface area contributed by atoms with Gasteiger partial charge in [-0.3, -0.25) is 14.3 Å². The molecule has 0 spiro atoms. The summed E-state index contributed by atoms with van der Waals surface area (Å²) in [6.45, 7) is 4.75. The minimum absolute atomic E-state index is 0.0217. The number of nitrogens with zero attached hydrogens (tertiary/aromatic N) is 4. The number of hydrogen-bond acceptors (Lipinski definition) is 4. The van der Waals surface area contributed by atoms with Gasteiger partial charge in [0.1, 0.15) is 5.69 Å². The molecule has 1 aliphatic heterocycles. The Morgan fingerprint density at radius 2 is 1.96 bits per heavy atom. The normalized spacial score (nSPS) is 14.4. The van der Waals surface area contributed by atoms with E-state index in [1.165, 1.54) is 5.01 Å². The molecule has 0 bridgehead atoms. The van der Waals surface area contributed by atoms with Gasteiger partial charge in [0.25, 0.3) is 5.91 Å². The van der Waals surface area contributed by atoms with Crippen molar-refractivity contribution >= 4 is 17.5 Å². The van der Waals surface area contributed by atoms with Crippen molar-refractivity contribution in [2.75, 3.05) is 13.1 Å². The van der Waals surface area contributed by atoms with Crippen molar-refractivity contribution in [2.45, 2.75) is 32.6 Å². The number of hydrogen-bond donors (Lipinski definition) is 1. The molecule has 1 aliphatic rings. The Bertz CT molecular complexity index is 855. The van der Waals surface area contributed by atoms with Crippen molar-refractivity contribution in [1.29, 1.82) is 0 Å². The lowest BCUT2D eigenvalue weighted by Gasteiger charge is -2.23. The van der Waals surface area contributed by atoms with Crippen LogP contribution < -0.4 is 5.32 Å². The Balaban J connectivity index is 1.60. The molecule has 0 saturated carbocycles. The van der Waals surface area contributed by atoms with Gasteiger partial charge in [-0.15, -0.1) is 0 Å². The molecule has 2 aromatic rings. The maximum Gasteiger partial charge on any atom is 0.269 e. The minimum atomic E-state index is -0.200. The highest BCUT2D eigenvalue weighted by Gasteiger charge is 2.21. The van der Waals surface area contributed by atoms with Gasteiger partial charge in [0, 0.05) is 26.4 Å². The van der Waals surface area contributed by atoms with Crippen molar-refractivity contribution in [1.82, 2.24) is 20.1 Å². The number of nitrogens with one attached hydrogen (secondary N) is 1. The molecule has 142 valence electrons. The fourth-order valence-electron chi connectivity index (χ4n) is 2.96. The SMILES string of the molecule is CC(C)c1cc(C(=O)NCCN2N=C(c3ccccc3)CCC2=O)n(C)n1. The van der Waals surface area contributed by atoms with Crippen molar-refractivity contribution in [3.63, 3.8) is 0 Å². The molecule has 1 N–H and O–H groups in total. The molecule has 1 aromatic carbocycles. The highest BCUT2D eigenvalue weighted by atomic mass is 16.2. The molecule has 2 amide bonds. The largest absolute Gasteiger partial charge is 0.349 e. The molecular weight excluding hydrogens is 342 g/mol. The van der Waals surface area contributed by atoms with Gasteiger partial charge in [-0.05, 0) is 17.5 Å². The Morgan fingerprint density at radius 3 is 2.63 bits per heavy atom. The average Bonchev–Trinajstić information content (AvgIpc) is 3.06. The summed E-state index contributed by atoms with van der Waals surface area (Å²) in [6, 6.07) is 11.6. The zero-order valence-corrected chi connectivity index (χ0v) is 16.0. The molecule has 0 saturated heterocycles. The van der Waals surface area contributed by atoms with Gasteiger partial charge in [0.15, 0.2) is 0 Å². The summed E-state index contributed by atoms with van der Waals surface area (Å²) in [4.78, 5) is 24.5. The lowest BCUT2D eigenvalue weighted by Crippen LogP contribution is -2.38. The number of benzene rings is 1. The van der Waals surface area contributed by atoms with Crippen LogP contribution in [0.4, 0.5) is 0 Å². The Hall–Kier alpha value is -2.96. The van der Waals surface area contributed by atoms with E-state index in [4.69, 9.17) is 0 Å². The minimum Gasteiger partial charge on any atom is -0.349 e. The van der Waals surface area contributed by atoms with Gasteiger partial charge in [-0.1, -0.05) is 44.2 Å². The third-order valence-electron chi connectivity index (χ3n) is 4.54. The van der Waals surface area contributed by atoms with Gasteiger partial charge >= 0.3 is 0 Å².